The van der Waals surface area contributed by atoms with Crippen LogP contribution in [0.2, 0.25) is 10.0 Å². The second-order valence-corrected chi connectivity index (χ2v) is 7.07. The van der Waals surface area contributed by atoms with Crippen molar-refractivity contribution < 1.29 is 9.18 Å². The van der Waals surface area contributed by atoms with E-state index in [9.17, 15) is 9.18 Å². The highest BCUT2D eigenvalue weighted by atomic mass is 35.5. The first-order chi connectivity index (χ1) is 11.5. The Morgan fingerprint density at radius 2 is 1.96 bits per heavy atom. The van der Waals surface area contributed by atoms with E-state index in [1.165, 1.54) is 6.07 Å². The topological polar surface area (TPSA) is 32.3 Å². The summed E-state index contributed by atoms with van der Waals surface area (Å²) in [6.07, 6.45) is 2.55. The summed E-state index contributed by atoms with van der Waals surface area (Å²) in [4.78, 5) is 14.6. The van der Waals surface area contributed by atoms with Crippen LogP contribution in [0, 0.1) is 5.82 Å². The van der Waals surface area contributed by atoms with Crippen molar-refractivity contribution in [3.05, 3.63) is 63.4 Å². The summed E-state index contributed by atoms with van der Waals surface area (Å²) >= 11 is 11.9. The van der Waals surface area contributed by atoms with Gasteiger partial charge in [0, 0.05) is 11.7 Å². The second-order valence-electron chi connectivity index (χ2n) is 6.26. The van der Waals surface area contributed by atoms with Crippen molar-refractivity contribution in [2.75, 3.05) is 5.32 Å². The fourth-order valence-corrected chi connectivity index (χ4v) is 4.07. The van der Waals surface area contributed by atoms with Crippen LogP contribution in [0.15, 0.2) is 36.4 Å². The highest BCUT2D eigenvalue weighted by Gasteiger charge is 2.42. The molecule has 2 aliphatic rings. The average Bonchev–Trinajstić information content (AvgIpc) is 2.88. The van der Waals surface area contributed by atoms with E-state index in [4.69, 9.17) is 23.2 Å². The van der Waals surface area contributed by atoms with Crippen LogP contribution in [0.25, 0.3) is 0 Å². The van der Waals surface area contributed by atoms with Gasteiger partial charge in [-0.25, -0.2) is 9.18 Å². The number of rotatable bonds is 1. The van der Waals surface area contributed by atoms with Gasteiger partial charge in [0.25, 0.3) is 0 Å². The molecule has 4 rings (SSSR count). The number of fused-ring (bicyclic) bond motifs is 4. The van der Waals surface area contributed by atoms with Gasteiger partial charge < -0.3 is 10.2 Å². The number of nitrogens with one attached hydrogen (secondary N) is 1. The molecule has 0 unspecified atom stereocenters. The molecule has 6 heteroatoms. The minimum Gasteiger partial charge on any atom is -0.314 e. The predicted octanol–water partition coefficient (Wildman–Crippen LogP) is 5.43. The first-order valence-electron chi connectivity index (χ1n) is 7.85. The Morgan fingerprint density at radius 3 is 2.75 bits per heavy atom. The standard InChI is InChI=1S/C18H15Cl2FN2O/c19-15-5-3-12(9-16(15)20)22-18(24)23-13-4-6-17(23)14-8-11(21)2-1-10(14)7-13/h1-3,5,8-9,13,17H,4,6-7H2,(H,22,24)/t13-,17+/m0/s1. The van der Waals surface area contributed by atoms with Gasteiger partial charge in [-0.05, 0) is 60.7 Å². The lowest BCUT2D eigenvalue weighted by atomic mass is 9.93. The molecule has 1 saturated heterocycles. The van der Waals surface area contributed by atoms with Crippen LogP contribution in [-0.4, -0.2) is 17.0 Å². The lowest BCUT2D eigenvalue weighted by Gasteiger charge is -2.36. The Morgan fingerprint density at radius 1 is 1.12 bits per heavy atom. The zero-order valence-corrected chi connectivity index (χ0v) is 14.2. The average molecular weight is 365 g/mol. The van der Waals surface area contributed by atoms with Gasteiger partial charge in [-0.3, -0.25) is 0 Å². The van der Waals surface area contributed by atoms with Gasteiger partial charge in [-0.2, -0.15) is 0 Å². The Labute approximate surface area is 149 Å². The zero-order chi connectivity index (χ0) is 16.8. The number of hydrogen-bond donors (Lipinski definition) is 1. The molecule has 0 saturated carbocycles. The maximum absolute atomic E-state index is 13.6. The third kappa shape index (κ3) is 2.64. The Bertz CT molecular complexity index is 827. The van der Waals surface area contributed by atoms with E-state index in [1.54, 1.807) is 24.3 Å². The van der Waals surface area contributed by atoms with E-state index in [0.29, 0.717) is 15.7 Å². The van der Waals surface area contributed by atoms with Crippen molar-refractivity contribution in [3.8, 4) is 0 Å². The molecule has 1 N–H and O–H groups in total. The molecule has 2 heterocycles. The Kier molecular flexibility index (Phi) is 3.89. The monoisotopic (exact) mass is 364 g/mol. The molecule has 2 bridgehead atoms. The summed E-state index contributed by atoms with van der Waals surface area (Å²) in [5, 5.41) is 3.71. The quantitative estimate of drug-likeness (QED) is 0.719. The SMILES string of the molecule is O=C(Nc1ccc(Cl)c(Cl)c1)N1[C@H]2CC[C@@H]1c1cc(F)ccc1C2. The number of anilines is 1. The summed E-state index contributed by atoms with van der Waals surface area (Å²) in [6.45, 7) is 0. The molecule has 2 amide bonds. The van der Waals surface area contributed by atoms with E-state index in [2.05, 4.69) is 5.32 Å². The first-order valence-corrected chi connectivity index (χ1v) is 8.61. The molecule has 0 aromatic heterocycles. The maximum Gasteiger partial charge on any atom is 0.322 e. The Balaban J connectivity index is 1.60. The molecule has 2 aliphatic heterocycles. The highest BCUT2D eigenvalue weighted by molar-refractivity contribution is 6.42. The number of halogens is 3. The van der Waals surface area contributed by atoms with Crippen LogP contribution in [-0.2, 0) is 6.42 Å². The van der Waals surface area contributed by atoms with E-state index in [1.807, 2.05) is 11.0 Å². The van der Waals surface area contributed by atoms with Crippen molar-refractivity contribution in [3.63, 3.8) is 0 Å². The highest BCUT2D eigenvalue weighted by Crippen LogP contribution is 2.44. The number of nitrogens with zero attached hydrogens (tertiary/aromatic N) is 1. The van der Waals surface area contributed by atoms with Crippen LogP contribution < -0.4 is 5.32 Å². The number of carbonyl (C=O) groups is 1. The van der Waals surface area contributed by atoms with Gasteiger partial charge in [-0.15, -0.1) is 0 Å². The normalized spacial score (nSPS) is 21.5. The lowest BCUT2D eigenvalue weighted by Crippen LogP contribution is -2.44. The molecule has 2 aromatic rings. The summed E-state index contributed by atoms with van der Waals surface area (Å²) in [7, 11) is 0. The molecule has 124 valence electrons. The summed E-state index contributed by atoms with van der Waals surface area (Å²) in [5.41, 5.74) is 2.66. The summed E-state index contributed by atoms with van der Waals surface area (Å²) in [6, 6.07) is 9.76. The van der Waals surface area contributed by atoms with Crippen molar-refractivity contribution in [1.82, 2.24) is 4.90 Å². The number of hydrogen-bond acceptors (Lipinski definition) is 1. The number of benzene rings is 2. The van der Waals surface area contributed by atoms with Gasteiger partial charge in [-0.1, -0.05) is 29.3 Å². The number of carbonyl (C=O) groups excluding carboxylic acids is 1. The third-order valence-electron chi connectivity index (χ3n) is 4.83. The van der Waals surface area contributed by atoms with E-state index < -0.39 is 0 Å². The van der Waals surface area contributed by atoms with Crippen molar-refractivity contribution >= 4 is 34.9 Å². The van der Waals surface area contributed by atoms with Crippen LogP contribution in [0.4, 0.5) is 14.9 Å². The summed E-state index contributed by atoms with van der Waals surface area (Å²) in [5.74, 6) is -0.260. The molecule has 1 fully saturated rings. The zero-order valence-electron chi connectivity index (χ0n) is 12.7. The second kappa shape index (κ2) is 5.94. The van der Waals surface area contributed by atoms with Crippen LogP contribution in [0.1, 0.15) is 30.0 Å². The van der Waals surface area contributed by atoms with Crippen LogP contribution in [0.3, 0.4) is 0 Å². The van der Waals surface area contributed by atoms with Crippen molar-refractivity contribution in [2.24, 2.45) is 0 Å². The van der Waals surface area contributed by atoms with Gasteiger partial charge in [0.05, 0.1) is 16.1 Å². The van der Waals surface area contributed by atoms with E-state index in [0.717, 1.165) is 30.4 Å². The fraction of sp³-hybridized carbons (Fsp3) is 0.278. The van der Waals surface area contributed by atoms with E-state index >= 15 is 0 Å². The molecule has 2 aromatic carbocycles. The molecule has 0 spiro atoms. The molecule has 24 heavy (non-hydrogen) atoms. The Hall–Kier alpha value is -1.78. The smallest absolute Gasteiger partial charge is 0.314 e. The lowest BCUT2D eigenvalue weighted by molar-refractivity contribution is 0.179. The summed E-state index contributed by atoms with van der Waals surface area (Å²) < 4.78 is 13.6. The van der Waals surface area contributed by atoms with Gasteiger partial charge >= 0.3 is 6.03 Å². The van der Waals surface area contributed by atoms with Gasteiger partial charge in [0.2, 0.25) is 0 Å². The van der Waals surface area contributed by atoms with E-state index in [-0.39, 0.29) is 23.9 Å². The maximum atomic E-state index is 13.6. The third-order valence-corrected chi connectivity index (χ3v) is 5.57. The molecule has 3 nitrogen and oxygen atoms in total. The first kappa shape index (κ1) is 15.7. The largest absolute Gasteiger partial charge is 0.322 e. The van der Waals surface area contributed by atoms with Gasteiger partial charge in [0.15, 0.2) is 0 Å². The number of urea groups is 1. The molecular weight excluding hydrogens is 350 g/mol. The molecule has 0 aliphatic carbocycles. The predicted molar refractivity (Wildman–Crippen MR) is 93.2 cm³/mol. The molecular formula is C18H15Cl2FN2O. The fourth-order valence-electron chi connectivity index (χ4n) is 3.77. The van der Waals surface area contributed by atoms with Crippen molar-refractivity contribution in [1.29, 1.82) is 0 Å². The minimum absolute atomic E-state index is 0.0720. The molecule has 0 radical (unpaired) electrons. The van der Waals surface area contributed by atoms with Crippen LogP contribution >= 0.6 is 23.2 Å². The van der Waals surface area contributed by atoms with Crippen LogP contribution in [0.5, 0.6) is 0 Å². The van der Waals surface area contributed by atoms with Gasteiger partial charge in [0.1, 0.15) is 5.82 Å². The van der Waals surface area contributed by atoms with Crippen molar-refractivity contribution in [2.45, 2.75) is 31.3 Å². The molecule has 2 atom stereocenters. The number of amides is 2. The minimum atomic E-state index is -0.260.